The fourth-order valence-electron chi connectivity index (χ4n) is 0.717. The maximum Gasteiger partial charge on any atom is 0.237 e. The molecule has 0 aliphatic carbocycles. The molecular formula is C8H15NO2. The molecule has 0 rings (SSSR count). The molecule has 0 spiro atoms. The zero-order chi connectivity index (χ0) is 8.53. The smallest absolute Gasteiger partial charge is 0.237 e. The fourth-order valence-corrected chi connectivity index (χ4v) is 0.717. The van der Waals surface area contributed by atoms with Gasteiger partial charge in [0.1, 0.15) is 0 Å². The van der Waals surface area contributed by atoms with Crippen molar-refractivity contribution in [2.24, 2.45) is 4.99 Å². The van der Waals surface area contributed by atoms with E-state index in [0.717, 1.165) is 12.8 Å². The molecule has 64 valence electrons. The molecule has 0 aliphatic heterocycles. The third-order valence-electron chi connectivity index (χ3n) is 1.34. The third kappa shape index (κ3) is 7.23. The van der Waals surface area contributed by atoms with E-state index in [1.165, 1.54) is 12.5 Å². The number of aliphatic imine (C=N–C) groups is 1. The summed E-state index contributed by atoms with van der Waals surface area (Å²) < 4.78 is 5.16. The lowest BCUT2D eigenvalue weighted by molar-refractivity contribution is 0.0696. The summed E-state index contributed by atoms with van der Waals surface area (Å²) in [5, 5.41) is 0. The van der Waals surface area contributed by atoms with Crippen molar-refractivity contribution < 1.29 is 9.53 Å². The van der Waals surface area contributed by atoms with Crippen LogP contribution in [-0.2, 0) is 9.53 Å². The molecular weight excluding hydrogens is 142 g/mol. The first-order valence-electron chi connectivity index (χ1n) is 3.99. The van der Waals surface area contributed by atoms with Crippen molar-refractivity contribution in [3.63, 3.8) is 0 Å². The lowest BCUT2D eigenvalue weighted by Crippen LogP contribution is -2.05. The predicted octanol–water partition coefficient (Wildman–Crippen LogP) is 1.88. The Hall–Kier alpha value is -0.660. The number of rotatable bonds is 6. The Bertz CT molecular complexity index is 130. The lowest BCUT2D eigenvalue weighted by atomic mass is 10.3. The van der Waals surface area contributed by atoms with Crippen molar-refractivity contribution >= 4 is 6.08 Å². The van der Waals surface area contributed by atoms with Crippen molar-refractivity contribution in [3.05, 3.63) is 0 Å². The summed E-state index contributed by atoms with van der Waals surface area (Å²) in [6.45, 7) is 4.55. The number of ether oxygens (including phenoxy) is 1. The van der Waals surface area contributed by atoms with Crippen molar-refractivity contribution in [3.8, 4) is 0 Å². The SMILES string of the molecule is CCCCCOC(C)N=C=O. The molecule has 0 bridgehead atoms. The van der Waals surface area contributed by atoms with Gasteiger partial charge in [-0.3, -0.25) is 0 Å². The van der Waals surface area contributed by atoms with E-state index in [9.17, 15) is 4.79 Å². The minimum Gasteiger partial charge on any atom is -0.356 e. The first-order valence-corrected chi connectivity index (χ1v) is 3.99. The number of unbranched alkanes of at least 4 members (excludes halogenated alkanes) is 2. The Morgan fingerprint density at radius 2 is 2.27 bits per heavy atom. The highest BCUT2D eigenvalue weighted by Crippen LogP contribution is 1.97. The van der Waals surface area contributed by atoms with Crippen LogP contribution in [0.15, 0.2) is 4.99 Å². The molecule has 0 aliphatic rings. The second-order valence-corrected chi connectivity index (χ2v) is 2.40. The van der Waals surface area contributed by atoms with E-state index < -0.39 is 0 Å². The van der Waals surface area contributed by atoms with Gasteiger partial charge in [0.15, 0.2) is 6.23 Å². The zero-order valence-corrected chi connectivity index (χ0v) is 7.17. The van der Waals surface area contributed by atoms with Crippen LogP contribution in [0.3, 0.4) is 0 Å². The van der Waals surface area contributed by atoms with Crippen molar-refractivity contribution in [1.82, 2.24) is 0 Å². The van der Waals surface area contributed by atoms with Crippen LogP contribution in [0.5, 0.6) is 0 Å². The molecule has 0 aromatic rings. The molecule has 0 heterocycles. The summed E-state index contributed by atoms with van der Waals surface area (Å²) in [5.74, 6) is 0. The minimum atomic E-state index is -0.329. The number of hydrogen-bond donors (Lipinski definition) is 0. The Kier molecular flexibility index (Phi) is 7.00. The van der Waals surface area contributed by atoms with E-state index in [0.29, 0.717) is 6.61 Å². The number of nitrogens with zero attached hydrogens (tertiary/aromatic N) is 1. The standard InChI is InChI=1S/C8H15NO2/c1-3-4-5-6-11-8(2)9-7-10/h8H,3-6H2,1-2H3. The quantitative estimate of drug-likeness (QED) is 0.335. The maximum absolute atomic E-state index is 9.73. The molecule has 11 heavy (non-hydrogen) atoms. The van der Waals surface area contributed by atoms with Crippen LogP contribution in [-0.4, -0.2) is 18.9 Å². The number of carbonyl (C=O) groups excluding carboxylic acids is 1. The molecule has 3 heteroatoms. The largest absolute Gasteiger partial charge is 0.356 e. The van der Waals surface area contributed by atoms with Gasteiger partial charge >= 0.3 is 0 Å². The highest BCUT2D eigenvalue weighted by Gasteiger charge is 1.95. The predicted molar refractivity (Wildman–Crippen MR) is 43.1 cm³/mol. The van der Waals surface area contributed by atoms with Gasteiger partial charge in [0.05, 0.1) is 0 Å². The fraction of sp³-hybridized carbons (Fsp3) is 0.875. The molecule has 0 aromatic carbocycles. The zero-order valence-electron chi connectivity index (χ0n) is 7.17. The summed E-state index contributed by atoms with van der Waals surface area (Å²) in [4.78, 5) is 13.1. The molecule has 0 fully saturated rings. The first kappa shape index (κ1) is 10.3. The molecule has 0 saturated carbocycles. The monoisotopic (exact) mass is 157 g/mol. The number of isocyanates is 1. The van der Waals surface area contributed by atoms with E-state index in [1.807, 2.05) is 0 Å². The molecule has 0 saturated heterocycles. The second kappa shape index (κ2) is 7.45. The molecule has 1 unspecified atom stereocenters. The minimum absolute atomic E-state index is 0.329. The molecule has 3 nitrogen and oxygen atoms in total. The van der Waals surface area contributed by atoms with Gasteiger partial charge in [-0.2, -0.15) is 4.99 Å². The summed E-state index contributed by atoms with van der Waals surface area (Å²) in [7, 11) is 0. The maximum atomic E-state index is 9.73. The van der Waals surface area contributed by atoms with Crippen LogP contribution < -0.4 is 0 Å². The Balaban J connectivity index is 3.17. The Labute approximate surface area is 67.5 Å². The van der Waals surface area contributed by atoms with E-state index in [1.54, 1.807) is 6.92 Å². The molecule has 1 atom stereocenters. The van der Waals surface area contributed by atoms with Crippen molar-refractivity contribution in [1.29, 1.82) is 0 Å². The normalized spacial score (nSPS) is 12.2. The molecule has 0 radical (unpaired) electrons. The van der Waals surface area contributed by atoms with Crippen LogP contribution >= 0.6 is 0 Å². The van der Waals surface area contributed by atoms with E-state index in [4.69, 9.17) is 4.74 Å². The van der Waals surface area contributed by atoms with Gasteiger partial charge in [0, 0.05) is 6.61 Å². The third-order valence-corrected chi connectivity index (χ3v) is 1.34. The average Bonchev–Trinajstić information content (AvgIpc) is 1.99. The van der Waals surface area contributed by atoms with Crippen LogP contribution in [0.1, 0.15) is 33.1 Å². The van der Waals surface area contributed by atoms with E-state index in [2.05, 4.69) is 11.9 Å². The molecule has 0 N–H and O–H groups in total. The summed E-state index contributed by atoms with van der Waals surface area (Å²) in [6, 6.07) is 0. The number of hydrogen-bond acceptors (Lipinski definition) is 3. The topological polar surface area (TPSA) is 38.7 Å². The van der Waals surface area contributed by atoms with Crippen molar-refractivity contribution in [2.75, 3.05) is 6.61 Å². The van der Waals surface area contributed by atoms with Crippen LogP contribution in [0.4, 0.5) is 0 Å². The van der Waals surface area contributed by atoms with Crippen molar-refractivity contribution in [2.45, 2.75) is 39.3 Å². The molecule has 0 amide bonds. The van der Waals surface area contributed by atoms with E-state index >= 15 is 0 Å². The van der Waals surface area contributed by atoms with Gasteiger partial charge < -0.3 is 4.74 Å². The summed E-state index contributed by atoms with van der Waals surface area (Å²) >= 11 is 0. The summed E-state index contributed by atoms with van der Waals surface area (Å²) in [6.07, 6.45) is 4.51. The van der Waals surface area contributed by atoms with E-state index in [-0.39, 0.29) is 6.23 Å². The second-order valence-electron chi connectivity index (χ2n) is 2.40. The Morgan fingerprint density at radius 3 is 2.82 bits per heavy atom. The van der Waals surface area contributed by atoms with Gasteiger partial charge in [-0.1, -0.05) is 19.8 Å². The van der Waals surface area contributed by atoms with Crippen LogP contribution in [0.25, 0.3) is 0 Å². The van der Waals surface area contributed by atoms with Gasteiger partial charge in [-0.05, 0) is 13.3 Å². The first-order chi connectivity index (χ1) is 5.31. The summed E-state index contributed by atoms with van der Waals surface area (Å²) in [5.41, 5.74) is 0. The van der Waals surface area contributed by atoms with Gasteiger partial charge in [0.25, 0.3) is 0 Å². The van der Waals surface area contributed by atoms with Gasteiger partial charge in [0.2, 0.25) is 6.08 Å². The highest BCUT2D eigenvalue weighted by molar-refractivity contribution is 5.32. The Morgan fingerprint density at radius 1 is 1.55 bits per heavy atom. The van der Waals surface area contributed by atoms with Crippen LogP contribution in [0.2, 0.25) is 0 Å². The van der Waals surface area contributed by atoms with Gasteiger partial charge in [-0.25, -0.2) is 4.79 Å². The highest BCUT2D eigenvalue weighted by atomic mass is 16.5. The lowest BCUT2D eigenvalue weighted by Gasteiger charge is -2.04. The van der Waals surface area contributed by atoms with Crippen LogP contribution in [0, 0.1) is 0 Å². The van der Waals surface area contributed by atoms with Gasteiger partial charge in [-0.15, -0.1) is 0 Å². The average molecular weight is 157 g/mol. The molecule has 0 aromatic heterocycles.